The molecule has 29 heavy (non-hydrogen) atoms. The zero-order valence-corrected chi connectivity index (χ0v) is 17.5. The first kappa shape index (κ1) is 19.8. The molecule has 1 saturated carbocycles. The molecule has 0 radical (unpaired) electrons. The van der Waals surface area contributed by atoms with Crippen molar-refractivity contribution >= 4 is 34.2 Å². The molecule has 2 heterocycles. The Labute approximate surface area is 174 Å². The van der Waals surface area contributed by atoms with Crippen molar-refractivity contribution in [2.24, 2.45) is 11.8 Å². The summed E-state index contributed by atoms with van der Waals surface area (Å²) in [6.45, 7) is 3.72. The Hall–Kier alpha value is -2.54. The van der Waals surface area contributed by atoms with Crippen LogP contribution in [0.5, 0.6) is 0 Å². The van der Waals surface area contributed by atoms with Gasteiger partial charge in [-0.2, -0.15) is 0 Å². The molecule has 4 rings (SSSR count). The molecule has 1 aliphatic carbocycles. The highest BCUT2D eigenvalue weighted by atomic mass is 32.1. The third kappa shape index (κ3) is 3.71. The molecule has 2 fully saturated rings. The smallest absolute Gasteiger partial charge is 0.249 e. The number of nitrogens with one attached hydrogen (secondary N) is 1. The fourth-order valence-electron chi connectivity index (χ4n) is 4.27. The number of thiazole rings is 1. The van der Waals surface area contributed by atoms with E-state index in [2.05, 4.69) is 29.4 Å². The molecule has 1 aromatic heterocycles. The van der Waals surface area contributed by atoms with Gasteiger partial charge in [0, 0.05) is 10.9 Å². The van der Waals surface area contributed by atoms with E-state index in [0.717, 1.165) is 43.4 Å². The fraction of sp³-hybridized carbons (Fsp3) is 0.455. The van der Waals surface area contributed by atoms with Gasteiger partial charge in [0.25, 0.3) is 0 Å². The Morgan fingerprint density at radius 3 is 2.38 bits per heavy atom. The van der Waals surface area contributed by atoms with Gasteiger partial charge in [-0.25, -0.2) is 4.98 Å². The summed E-state index contributed by atoms with van der Waals surface area (Å²) in [5.74, 6) is -1.27. The van der Waals surface area contributed by atoms with E-state index in [9.17, 15) is 14.4 Å². The van der Waals surface area contributed by atoms with Gasteiger partial charge in [0.15, 0.2) is 5.13 Å². The predicted octanol–water partition coefficient (Wildman–Crippen LogP) is 3.87. The van der Waals surface area contributed by atoms with Gasteiger partial charge in [0.1, 0.15) is 6.04 Å². The quantitative estimate of drug-likeness (QED) is 0.758. The second-order valence-electron chi connectivity index (χ2n) is 7.80. The predicted molar refractivity (Wildman–Crippen MR) is 112 cm³/mol. The van der Waals surface area contributed by atoms with Gasteiger partial charge in [-0.1, -0.05) is 44.0 Å². The number of aryl methyl sites for hydroxylation is 1. The van der Waals surface area contributed by atoms with Gasteiger partial charge < -0.3 is 5.32 Å². The summed E-state index contributed by atoms with van der Waals surface area (Å²) in [7, 11) is 0. The molecular formula is C22H25N3O3S. The van der Waals surface area contributed by atoms with Crippen LogP contribution in [-0.2, 0) is 20.8 Å². The van der Waals surface area contributed by atoms with Crippen LogP contribution in [0.3, 0.4) is 0 Å². The van der Waals surface area contributed by atoms with Crippen molar-refractivity contribution in [3.05, 3.63) is 35.2 Å². The van der Waals surface area contributed by atoms with Crippen LogP contribution < -0.4 is 5.32 Å². The monoisotopic (exact) mass is 411 g/mol. The highest BCUT2D eigenvalue weighted by molar-refractivity contribution is 7.14. The van der Waals surface area contributed by atoms with Gasteiger partial charge in [0.05, 0.1) is 17.5 Å². The molecule has 1 aliphatic heterocycles. The van der Waals surface area contributed by atoms with E-state index in [1.165, 1.54) is 21.8 Å². The maximum Gasteiger partial charge on any atom is 0.249 e. The number of likely N-dealkylation sites (tertiary alicyclic amines) is 1. The van der Waals surface area contributed by atoms with E-state index < -0.39 is 6.04 Å². The summed E-state index contributed by atoms with van der Waals surface area (Å²) in [5.41, 5.74) is 3.03. The second-order valence-corrected chi connectivity index (χ2v) is 8.66. The van der Waals surface area contributed by atoms with Crippen molar-refractivity contribution < 1.29 is 14.4 Å². The number of aromatic nitrogens is 1. The van der Waals surface area contributed by atoms with Crippen LogP contribution in [0.1, 0.15) is 45.1 Å². The van der Waals surface area contributed by atoms with Crippen LogP contribution in [0.25, 0.3) is 11.3 Å². The molecule has 3 atom stereocenters. The molecule has 1 N–H and O–H groups in total. The summed E-state index contributed by atoms with van der Waals surface area (Å²) < 4.78 is 0. The van der Waals surface area contributed by atoms with Gasteiger partial charge in [-0.3, -0.25) is 19.3 Å². The number of imide groups is 1. The minimum atomic E-state index is -0.836. The number of anilines is 1. The lowest BCUT2D eigenvalue weighted by Crippen LogP contribution is -2.46. The highest BCUT2D eigenvalue weighted by Gasteiger charge is 2.50. The summed E-state index contributed by atoms with van der Waals surface area (Å²) in [5, 5.41) is 5.13. The van der Waals surface area contributed by atoms with Crippen molar-refractivity contribution in [3.63, 3.8) is 0 Å². The maximum absolute atomic E-state index is 12.7. The van der Waals surface area contributed by atoms with Gasteiger partial charge in [-0.05, 0) is 31.7 Å². The number of amides is 3. The van der Waals surface area contributed by atoms with E-state index in [1.807, 2.05) is 17.5 Å². The highest BCUT2D eigenvalue weighted by Crippen LogP contribution is 2.39. The van der Waals surface area contributed by atoms with Crippen LogP contribution in [-0.4, -0.2) is 33.6 Å². The molecule has 2 aromatic rings. The van der Waals surface area contributed by atoms with E-state index in [4.69, 9.17) is 0 Å². The number of nitrogens with zero attached hydrogens (tertiary/aromatic N) is 2. The van der Waals surface area contributed by atoms with Crippen molar-refractivity contribution in [2.45, 2.75) is 52.0 Å². The lowest BCUT2D eigenvalue weighted by molar-refractivity contribution is -0.146. The Morgan fingerprint density at radius 2 is 1.79 bits per heavy atom. The first-order valence-electron chi connectivity index (χ1n) is 10.2. The first-order valence-corrected chi connectivity index (χ1v) is 11.1. The Kier molecular flexibility index (Phi) is 5.50. The molecule has 0 bridgehead atoms. The lowest BCUT2D eigenvalue weighted by atomic mass is 9.81. The lowest BCUT2D eigenvalue weighted by Gasteiger charge is -2.21. The molecule has 7 heteroatoms. The molecule has 152 valence electrons. The third-order valence-electron chi connectivity index (χ3n) is 6.03. The maximum atomic E-state index is 12.7. The first-order chi connectivity index (χ1) is 14.0. The van der Waals surface area contributed by atoms with Crippen molar-refractivity contribution in [3.8, 4) is 11.3 Å². The van der Waals surface area contributed by atoms with Crippen LogP contribution in [0.15, 0.2) is 29.6 Å². The minimum absolute atomic E-state index is 0.196. The Balaban J connectivity index is 1.44. The largest absolute Gasteiger partial charge is 0.300 e. The van der Waals surface area contributed by atoms with Crippen LogP contribution in [0.2, 0.25) is 0 Å². The van der Waals surface area contributed by atoms with Crippen LogP contribution in [0.4, 0.5) is 5.13 Å². The number of carbonyl (C=O) groups is 3. The summed E-state index contributed by atoms with van der Waals surface area (Å²) in [6, 6.07) is 7.34. The average Bonchev–Trinajstić information content (AvgIpc) is 3.31. The number of hydrogen-bond acceptors (Lipinski definition) is 5. The topological polar surface area (TPSA) is 79.4 Å². The van der Waals surface area contributed by atoms with E-state index in [-0.39, 0.29) is 29.6 Å². The summed E-state index contributed by atoms with van der Waals surface area (Å²) >= 11 is 1.33. The molecule has 0 spiro atoms. The van der Waals surface area contributed by atoms with Crippen molar-refractivity contribution in [1.29, 1.82) is 0 Å². The van der Waals surface area contributed by atoms with Gasteiger partial charge >= 0.3 is 0 Å². The molecule has 3 unspecified atom stereocenters. The molecule has 1 aromatic carbocycles. The molecule has 3 amide bonds. The Morgan fingerprint density at radius 1 is 1.17 bits per heavy atom. The number of fused-ring (bicyclic) bond motifs is 1. The van der Waals surface area contributed by atoms with Crippen molar-refractivity contribution in [2.75, 3.05) is 5.32 Å². The summed E-state index contributed by atoms with van der Waals surface area (Å²) in [4.78, 5) is 43.8. The number of hydrogen-bond donors (Lipinski definition) is 1. The third-order valence-corrected chi connectivity index (χ3v) is 6.79. The Bertz CT molecular complexity index is 913. The number of rotatable bonds is 5. The SMILES string of the molecule is CCc1ccc(-c2csc(NC(=O)C(C)N3C(=O)C4CCCCC4C3=O)n2)cc1. The average molecular weight is 412 g/mol. The normalized spacial score (nSPS) is 22.5. The second kappa shape index (κ2) is 8.06. The van der Waals surface area contributed by atoms with E-state index in [1.54, 1.807) is 6.92 Å². The van der Waals surface area contributed by atoms with Crippen molar-refractivity contribution in [1.82, 2.24) is 9.88 Å². The molecule has 1 saturated heterocycles. The fourth-order valence-corrected chi connectivity index (χ4v) is 4.99. The van der Waals surface area contributed by atoms with Crippen LogP contribution in [0, 0.1) is 11.8 Å². The molecule has 2 aliphatic rings. The molecule has 6 nitrogen and oxygen atoms in total. The summed E-state index contributed by atoms with van der Waals surface area (Å²) in [6.07, 6.45) is 4.40. The zero-order chi connectivity index (χ0) is 20.5. The van der Waals surface area contributed by atoms with Crippen LogP contribution >= 0.6 is 11.3 Å². The number of carbonyl (C=O) groups excluding carboxylic acids is 3. The standard InChI is InChI=1S/C22H25N3O3S/c1-3-14-8-10-15(11-9-14)18-12-29-22(23-18)24-19(26)13(2)25-20(27)16-6-4-5-7-17(16)21(25)28/h8-13,16-17H,3-7H2,1-2H3,(H,23,24,26). The zero-order valence-electron chi connectivity index (χ0n) is 16.7. The molecular weight excluding hydrogens is 386 g/mol. The minimum Gasteiger partial charge on any atom is -0.300 e. The van der Waals surface area contributed by atoms with E-state index >= 15 is 0 Å². The van der Waals surface area contributed by atoms with E-state index in [0.29, 0.717) is 5.13 Å². The number of benzene rings is 1. The van der Waals surface area contributed by atoms with Gasteiger partial charge in [0.2, 0.25) is 17.7 Å². The van der Waals surface area contributed by atoms with Gasteiger partial charge in [-0.15, -0.1) is 11.3 Å².